The third-order valence-corrected chi connectivity index (χ3v) is 6.74. The van der Waals surface area contributed by atoms with E-state index in [0.29, 0.717) is 46.7 Å². The summed E-state index contributed by atoms with van der Waals surface area (Å²) in [6.45, 7) is 2.70. The second-order valence-electron chi connectivity index (χ2n) is 10.2. The third-order valence-electron chi connectivity index (χ3n) is 6.74. The van der Waals surface area contributed by atoms with E-state index in [0.717, 1.165) is 6.07 Å². The van der Waals surface area contributed by atoms with Gasteiger partial charge in [0.15, 0.2) is 11.4 Å². The fourth-order valence-electron chi connectivity index (χ4n) is 5.10. The highest BCUT2D eigenvalue weighted by Crippen LogP contribution is 2.39. The first-order valence-electron chi connectivity index (χ1n) is 12.2. The molecule has 3 heterocycles. The minimum absolute atomic E-state index is 0.0312. The molecule has 0 bridgehead atoms. The molecule has 0 saturated carbocycles. The highest BCUT2D eigenvalue weighted by molar-refractivity contribution is 5.84. The van der Waals surface area contributed by atoms with Crippen molar-refractivity contribution in [3.63, 3.8) is 0 Å². The molecule has 1 N–H and O–H groups in total. The Morgan fingerprint density at radius 1 is 1.03 bits per heavy atom. The normalized spacial score (nSPS) is 15.6. The summed E-state index contributed by atoms with van der Waals surface area (Å²) in [5.74, 6) is 0.0516. The largest absolute Gasteiger partial charge is 0.435 e. The number of nitrogens with zero attached hydrogens (tertiary/aromatic N) is 5. The Morgan fingerprint density at radius 3 is 2.49 bits per heavy atom. The second kappa shape index (κ2) is 8.99. The van der Waals surface area contributed by atoms with Gasteiger partial charge in [0.2, 0.25) is 5.89 Å². The van der Waals surface area contributed by atoms with Crippen LogP contribution in [0.3, 0.4) is 0 Å². The summed E-state index contributed by atoms with van der Waals surface area (Å²) in [7, 11) is 1.75. The van der Waals surface area contributed by atoms with Crippen LogP contribution in [-0.2, 0) is 19.8 Å². The van der Waals surface area contributed by atoms with Gasteiger partial charge >= 0.3 is 6.18 Å². The van der Waals surface area contributed by atoms with Crippen LogP contribution in [0.2, 0.25) is 0 Å². The SMILES string of the molecule is Cn1cnnc1-c1cc(F)ccc1-c1cccc(-c2nc3cc(CN4CC(C)(O)C4)cc(C(F)(F)F)c3o2)c1. The highest BCUT2D eigenvalue weighted by atomic mass is 19.4. The zero-order valence-electron chi connectivity index (χ0n) is 21.0. The van der Waals surface area contributed by atoms with Crippen LogP contribution >= 0.6 is 0 Å². The van der Waals surface area contributed by atoms with Crippen molar-refractivity contribution in [3.8, 4) is 34.0 Å². The quantitative estimate of drug-likeness (QED) is 0.291. The van der Waals surface area contributed by atoms with E-state index in [1.807, 2.05) is 4.90 Å². The van der Waals surface area contributed by atoms with Gasteiger partial charge in [0.05, 0.1) is 5.60 Å². The molecule has 0 aliphatic carbocycles. The van der Waals surface area contributed by atoms with E-state index in [2.05, 4.69) is 15.2 Å². The summed E-state index contributed by atoms with van der Waals surface area (Å²) in [5.41, 5.74) is 0.754. The van der Waals surface area contributed by atoms with Crippen LogP contribution in [0.5, 0.6) is 0 Å². The molecule has 6 rings (SSSR count). The molecule has 0 unspecified atom stereocenters. The lowest BCUT2D eigenvalue weighted by Crippen LogP contribution is -2.59. The van der Waals surface area contributed by atoms with Crippen LogP contribution in [0.4, 0.5) is 17.6 Å². The Balaban J connectivity index is 1.41. The van der Waals surface area contributed by atoms with Crippen molar-refractivity contribution < 1.29 is 27.1 Å². The van der Waals surface area contributed by atoms with E-state index < -0.39 is 23.2 Å². The van der Waals surface area contributed by atoms with E-state index in [4.69, 9.17) is 4.42 Å². The molecule has 1 saturated heterocycles. The van der Waals surface area contributed by atoms with Crippen molar-refractivity contribution >= 4 is 11.1 Å². The van der Waals surface area contributed by atoms with Gasteiger partial charge in [-0.05, 0) is 60.0 Å². The molecule has 200 valence electrons. The van der Waals surface area contributed by atoms with Crippen molar-refractivity contribution in [1.82, 2.24) is 24.6 Å². The van der Waals surface area contributed by atoms with Crippen LogP contribution in [-0.4, -0.2) is 48.4 Å². The molecular formula is C28H23F4N5O2. The van der Waals surface area contributed by atoms with E-state index in [-0.39, 0.29) is 23.5 Å². The number of likely N-dealkylation sites (tertiary alicyclic amines) is 1. The molecular weight excluding hydrogens is 514 g/mol. The number of rotatable bonds is 5. The van der Waals surface area contributed by atoms with Gasteiger partial charge in [0.25, 0.3) is 0 Å². The number of alkyl halides is 3. The molecule has 5 aromatic rings. The summed E-state index contributed by atoms with van der Waals surface area (Å²) in [6, 6.07) is 13.9. The Kier molecular flexibility index (Phi) is 5.81. The average Bonchev–Trinajstić information content (AvgIpc) is 3.48. The minimum atomic E-state index is -4.65. The Hall–Kier alpha value is -4.09. The lowest BCUT2D eigenvalue weighted by molar-refractivity contribution is -0.137. The Morgan fingerprint density at radius 2 is 1.79 bits per heavy atom. The van der Waals surface area contributed by atoms with Crippen molar-refractivity contribution in [2.45, 2.75) is 25.2 Å². The molecule has 0 spiro atoms. The first kappa shape index (κ1) is 25.2. The van der Waals surface area contributed by atoms with E-state index >= 15 is 0 Å². The fourth-order valence-corrected chi connectivity index (χ4v) is 5.10. The predicted molar refractivity (Wildman–Crippen MR) is 136 cm³/mol. The lowest BCUT2D eigenvalue weighted by atomic mass is 9.96. The Labute approximate surface area is 220 Å². The number of fused-ring (bicyclic) bond motifs is 1. The van der Waals surface area contributed by atoms with Crippen molar-refractivity contribution in [3.05, 3.63) is 77.9 Å². The number of oxazole rings is 1. The van der Waals surface area contributed by atoms with Gasteiger partial charge in [0.1, 0.15) is 23.2 Å². The predicted octanol–water partition coefficient (Wildman–Crippen LogP) is 5.68. The van der Waals surface area contributed by atoms with Crippen LogP contribution in [0, 0.1) is 5.82 Å². The fraction of sp³-hybridized carbons (Fsp3) is 0.250. The van der Waals surface area contributed by atoms with E-state index in [9.17, 15) is 22.7 Å². The monoisotopic (exact) mass is 537 g/mol. The molecule has 7 nitrogen and oxygen atoms in total. The number of benzene rings is 3. The number of hydrogen-bond donors (Lipinski definition) is 1. The Bertz CT molecular complexity index is 1700. The summed E-state index contributed by atoms with van der Waals surface area (Å²) in [6.07, 6.45) is -3.14. The third kappa shape index (κ3) is 4.79. The summed E-state index contributed by atoms with van der Waals surface area (Å²) < 4.78 is 63.6. The molecule has 11 heteroatoms. The maximum atomic E-state index is 14.2. The second-order valence-corrected chi connectivity index (χ2v) is 10.2. The smallest absolute Gasteiger partial charge is 0.420 e. The number of β-amino-alcohol motifs (C(OH)–C–C–N with tert-alkyl or cyclic N) is 1. The van der Waals surface area contributed by atoms with Gasteiger partial charge in [-0.2, -0.15) is 13.2 Å². The van der Waals surface area contributed by atoms with Gasteiger partial charge in [-0.15, -0.1) is 10.2 Å². The molecule has 1 aliphatic heterocycles. The minimum Gasteiger partial charge on any atom is -0.435 e. The van der Waals surface area contributed by atoms with Gasteiger partial charge in [-0.1, -0.05) is 18.2 Å². The van der Waals surface area contributed by atoms with Gasteiger partial charge in [-0.25, -0.2) is 9.37 Å². The molecule has 39 heavy (non-hydrogen) atoms. The number of halogens is 4. The first-order chi connectivity index (χ1) is 18.5. The van der Waals surface area contributed by atoms with Crippen LogP contribution < -0.4 is 0 Å². The zero-order valence-corrected chi connectivity index (χ0v) is 21.0. The maximum absolute atomic E-state index is 14.2. The molecule has 2 aromatic heterocycles. The molecule has 0 atom stereocenters. The maximum Gasteiger partial charge on any atom is 0.420 e. The summed E-state index contributed by atoms with van der Waals surface area (Å²) in [4.78, 5) is 6.28. The van der Waals surface area contributed by atoms with Crippen LogP contribution in [0.25, 0.3) is 45.1 Å². The van der Waals surface area contributed by atoms with E-state index in [1.165, 1.54) is 18.5 Å². The molecule has 3 aromatic carbocycles. The molecule has 0 amide bonds. The molecule has 1 aliphatic rings. The van der Waals surface area contributed by atoms with E-state index in [1.54, 1.807) is 54.9 Å². The standard InChI is InChI=1S/C28H23F4N5O2/c1-27(38)13-37(14-27)12-16-8-22(28(30,31)32)24-23(9-16)34-26(39-24)18-5-3-4-17(10-18)20-7-6-19(29)11-21(20)25-35-33-15-36(25)2/h3-11,15,38H,12-14H2,1-2H3. The number of hydrogen-bond acceptors (Lipinski definition) is 6. The first-order valence-corrected chi connectivity index (χ1v) is 12.2. The topological polar surface area (TPSA) is 80.2 Å². The van der Waals surface area contributed by atoms with Crippen LogP contribution in [0.1, 0.15) is 18.1 Å². The van der Waals surface area contributed by atoms with Crippen molar-refractivity contribution in [2.75, 3.05) is 13.1 Å². The van der Waals surface area contributed by atoms with Crippen molar-refractivity contribution in [1.29, 1.82) is 0 Å². The van der Waals surface area contributed by atoms with Gasteiger partial charge in [0, 0.05) is 37.8 Å². The summed E-state index contributed by atoms with van der Waals surface area (Å²) >= 11 is 0. The molecule has 0 radical (unpaired) electrons. The van der Waals surface area contributed by atoms with Crippen molar-refractivity contribution in [2.24, 2.45) is 7.05 Å². The zero-order chi connectivity index (χ0) is 27.5. The summed E-state index contributed by atoms with van der Waals surface area (Å²) in [5, 5.41) is 17.9. The van der Waals surface area contributed by atoms with Gasteiger partial charge in [-0.3, -0.25) is 4.90 Å². The lowest BCUT2D eigenvalue weighted by Gasteiger charge is -2.44. The van der Waals surface area contributed by atoms with Gasteiger partial charge < -0.3 is 14.1 Å². The number of aromatic nitrogens is 4. The highest BCUT2D eigenvalue weighted by Gasteiger charge is 2.38. The number of aliphatic hydroxyl groups is 1. The number of aryl methyl sites for hydroxylation is 1. The average molecular weight is 538 g/mol. The molecule has 1 fully saturated rings. The van der Waals surface area contributed by atoms with Crippen LogP contribution in [0.15, 0.2) is 65.3 Å².